The second-order valence-electron chi connectivity index (χ2n) is 6.73. The van der Waals surface area contributed by atoms with E-state index >= 15 is 0 Å². The number of nitrogens with zero attached hydrogens (tertiary/aromatic N) is 2. The molecule has 6 heteroatoms. The van der Waals surface area contributed by atoms with E-state index in [2.05, 4.69) is 22.5 Å². The fourth-order valence-corrected chi connectivity index (χ4v) is 2.21. The summed E-state index contributed by atoms with van der Waals surface area (Å²) in [6.45, 7) is 10.2. The molecule has 0 unspecified atom stereocenters. The number of amides is 1. The topological polar surface area (TPSA) is 66.0 Å². The quantitative estimate of drug-likeness (QED) is 0.557. The van der Waals surface area contributed by atoms with E-state index in [1.165, 1.54) is 5.56 Å². The van der Waals surface area contributed by atoms with Crippen LogP contribution in [0.2, 0.25) is 0 Å². The molecule has 1 amide bonds. The maximum absolute atomic E-state index is 12.1. The van der Waals surface area contributed by atoms with E-state index in [0.29, 0.717) is 26.2 Å². The van der Waals surface area contributed by atoms with Crippen LogP contribution < -0.4 is 15.4 Å². The third-order valence-electron chi connectivity index (χ3n) is 3.93. The molecule has 0 fully saturated rings. The molecular weight excluding hydrogens is 316 g/mol. The molecular formula is C19H32N4O2. The summed E-state index contributed by atoms with van der Waals surface area (Å²) in [5.41, 5.74) is 0.703. The van der Waals surface area contributed by atoms with Gasteiger partial charge in [0.25, 0.3) is 0 Å². The average molecular weight is 348 g/mol. The van der Waals surface area contributed by atoms with Gasteiger partial charge < -0.3 is 20.3 Å². The second-order valence-corrected chi connectivity index (χ2v) is 6.73. The number of aryl methyl sites for hydroxylation is 1. The Kier molecular flexibility index (Phi) is 8.25. The zero-order valence-electron chi connectivity index (χ0n) is 16.3. The zero-order valence-corrected chi connectivity index (χ0v) is 16.3. The number of carbonyl (C=O) groups is 1. The summed E-state index contributed by atoms with van der Waals surface area (Å²) >= 11 is 0. The normalized spacial score (nSPS) is 11.8. The summed E-state index contributed by atoms with van der Waals surface area (Å²) in [7, 11) is 3.69. The van der Waals surface area contributed by atoms with Crippen LogP contribution in [0.5, 0.6) is 5.75 Å². The van der Waals surface area contributed by atoms with Gasteiger partial charge in [-0.1, -0.05) is 17.7 Å². The smallest absolute Gasteiger partial charge is 0.227 e. The van der Waals surface area contributed by atoms with Crippen molar-refractivity contribution in [1.82, 2.24) is 15.5 Å². The van der Waals surface area contributed by atoms with Gasteiger partial charge in [-0.25, -0.2) is 0 Å². The third-order valence-corrected chi connectivity index (χ3v) is 3.93. The van der Waals surface area contributed by atoms with Crippen molar-refractivity contribution in [2.75, 3.05) is 40.3 Å². The summed E-state index contributed by atoms with van der Waals surface area (Å²) in [5, 5.41) is 6.13. The minimum atomic E-state index is -0.509. The summed E-state index contributed by atoms with van der Waals surface area (Å²) in [6.07, 6.45) is 0. The fraction of sp³-hybridized carbons (Fsp3) is 0.579. The molecule has 0 saturated carbocycles. The van der Waals surface area contributed by atoms with Gasteiger partial charge in [0.15, 0.2) is 5.96 Å². The molecule has 0 aromatic heterocycles. The van der Waals surface area contributed by atoms with Crippen LogP contribution in [-0.4, -0.2) is 57.1 Å². The number of rotatable bonds is 8. The Morgan fingerprint density at radius 2 is 1.88 bits per heavy atom. The molecule has 0 heterocycles. The molecule has 6 nitrogen and oxygen atoms in total. The van der Waals surface area contributed by atoms with E-state index in [4.69, 9.17) is 4.74 Å². The molecule has 0 atom stereocenters. The molecule has 140 valence electrons. The number of nitrogens with one attached hydrogen (secondary N) is 2. The molecule has 25 heavy (non-hydrogen) atoms. The highest BCUT2D eigenvalue weighted by atomic mass is 16.5. The largest absolute Gasteiger partial charge is 0.492 e. The summed E-state index contributed by atoms with van der Waals surface area (Å²) in [4.78, 5) is 18.3. The van der Waals surface area contributed by atoms with E-state index in [9.17, 15) is 4.79 Å². The van der Waals surface area contributed by atoms with Crippen LogP contribution >= 0.6 is 0 Å². The van der Waals surface area contributed by atoms with Gasteiger partial charge in [-0.05, 0) is 39.8 Å². The SMILES string of the molecule is CCNC(=O)C(C)(C)CNC(=NC)N(C)CCOc1ccc(C)cc1. The number of aliphatic imine (C=N–C) groups is 1. The lowest BCUT2D eigenvalue weighted by Gasteiger charge is -2.28. The first-order chi connectivity index (χ1) is 11.8. The Balaban J connectivity index is 2.45. The Bertz CT molecular complexity index is 567. The van der Waals surface area contributed by atoms with Gasteiger partial charge in [0.2, 0.25) is 5.91 Å². The van der Waals surface area contributed by atoms with Gasteiger partial charge in [0.1, 0.15) is 12.4 Å². The maximum Gasteiger partial charge on any atom is 0.227 e. The highest BCUT2D eigenvalue weighted by Crippen LogP contribution is 2.14. The highest BCUT2D eigenvalue weighted by molar-refractivity contribution is 5.84. The molecule has 0 radical (unpaired) electrons. The summed E-state index contributed by atoms with van der Waals surface area (Å²) < 4.78 is 5.75. The van der Waals surface area contributed by atoms with E-state index in [1.807, 2.05) is 57.0 Å². The van der Waals surface area contributed by atoms with Crippen LogP contribution in [-0.2, 0) is 4.79 Å². The lowest BCUT2D eigenvalue weighted by Crippen LogP contribution is -2.48. The van der Waals surface area contributed by atoms with Crippen LogP contribution in [0.25, 0.3) is 0 Å². The predicted octanol–water partition coefficient (Wildman–Crippen LogP) is 2.04. The van der Waals surface area contributed by atoms with Crippen LogP contribution in [0.3, 0.4) is 0 Å². The van der Waals surface area contributed by atoms with Gasteiger partial charge in [-0.3, -0.25) is 9.79 Å². The van der Waals surface area contributed by atoms with Crippen LogP contribution in [0.15, 0.2) is 29.3 Å². The van der Waals surface area contributed by atoms with E-state index in [1.54, 1.807) is 7.05 Å². The standard InChI is InChI=1S/C19H32N4O2/c1-7-21-17(24)19(3,4)14-22-18(20-5)23(6)12-13-25-16-10-8-15(2)9-11-16/h8-11H,7,12-14H2,1-6H3,(H,20,22)(H,21,24). The molecule has 1 rings (SSSR count). The first kappa shape index (κ1) is 20.8. The third kappa shape index (κ3) is 7.03. The van der Waals surface area contributed by atoms with Crippen molar-refractivity contribution >= 4 is 11.9 Å². The zero-order chi connectivity index (χ0) is 18.9. The Morgan fingerprint density at radius 3 is 2.44 bits per heavy atom. The molecule has 1 aromatic rings. The lowest BCUT2D eigenvalue weighted by molar-refractivity contribution is -0.128. The van der Waals surface area contributed by atoms with Gasteiger partial charge >= 0.3 is 0 Å². The van der Waals surface area contributed by atoms with Crippen molar-refractivity contribution in [2.24, 2.45) is 10.4 Å². The average Bonchev–Trinajstić information content (AvgIpc) is 2.57. The van der Waals surface area contributed by atoms with Crippen molar-refractivity contribution in [1.29, 1.82) is 0 Å². The van der Waals surface area contributed by atoms with Crippen LogP contribution in [0, 0.1) is 12.3 Å². The Hall–Kier alpha value is -2.24. The molecule has 0 spiro atoms. The fourth-order valence-electron chi connectivity index (χ4n) is 2.21. The first-order valence-corrected chi connectivity index (χ1v) is 8.69. The van der Waals surface area contributed by atoms with Gasteiger partial charge in [0, 0.05) is 27.2 Å². The Labute approximate surface area is 151 Å². The number of ether oxygens (including phenoxy) is 1. The van der Waals surface area contributed by atoms with Gasteiger partial charge in [0.05, 0.1) is 12.0 Å². The molecule has 0 aliphatic heterocycles. The van der Waals surface area contributed by atoms with Crippen LogP contribution in [0.4, 0.5) is 0 Å². The van der Waals surface area contributed by atoms with Crippen molar-refractivity contribution in [3.05, 3.63) is 29.8 Å². The van der Waals surface area contributed by atoms with Crippen LogP contribution in [0.1, 0.15) is 26.3 Å². The number of guanidine groups is 1. The number of hydrogen-bond acceptors (Lipinski definition) is 3. The number of hydrogen-bond donors (Lipinski definition) is 2. The number of carbonyl (C=O) groups excluding carboxylic acids is 1. The molecule has 0 saturated heterocycles. The second kappa shape index (κ2) is 9.91. The van der Waals surface area contributed by atoms with Crippen molar-refractivity contribution in [3.8, 4) is 5.75 Å². The molecule has 2 N–H and O–H groups in total. The van der Waals surface area contributed by atoms with Gasteiger partial charge in [-0.2, -0.15) is 0 Å². The van der Waals surface area contributed by atoms with E-state index in [0.717, 1.165) is 11.7 Å². The number of benzene rings is 1. The summed E-state index contributed by atoms with van der Waals surface area (Å²) in [5.74, 6) is 1.63. The van der Waals surface area contributed by atoms with E-state index in [-0.39, 0.29) is 5.91 Å². The predicted molar refractivity (Wildman–Crippen MR) is 103 cm³/mol. The molecule has 0 aliphatic carbocycles. The molecule has 0 bridgehead atoms. The Morgan fingerprint density at radius 1 is 1.24 bits per heavy atom. The lowest BCUT2D eigenvalue weighted by atomic mass is 9.92. The van der Waals surface area contributed by atoms with E-state index < -0.39 is 5.41 Å². The maximum atomic E-state index is 12.1. The first-order valence-electron chi connectivity index (χ1n) is 8.69. The summed E-state index contributed by atoms with van der Waals surface area (Å²) in [6, 6.07) is 8.00. The van der Waals surface area contributed by atoms with Crippen molar-refractivity contribution in [3.63, 3.8) is 0 Å². The van der Waals surface area contributed by atoms with Gasteiger partial charge in [-0.15, -0.1) is 0 Å². The highest BCUT2D eigenvalue weighted by Gasteiger charge is 2.27. The molecule has 1 aromatic carbocycles. The number of likely N-dealkylation sites (N-methyl/N-ethyl adjacent to an activating group) is 1. The monoisotopic (exact) mass is 348 g/mol. The minimum Gasteiger partial charge on any atom is -0.492 e. The van der Waals surface area contributed by atoms with Crippen molar-refractivity contribution in [2.45, 2.75) is 27.7 Å². The molecule has 0 aliphatic rings. The van der Waals surface area contributed by atoms with Crippen molar-refractivity contribution < 1.29 is 9.53 Å². The minimum absolute atomic E-state index is 0.0308.